The van der Waals surface area contributed by atoms with Gasteiger partial charge in [-0.15, -0.1) is 11.3 Å². The molecule has 0 aliphatic rings. The van der Waals surface area contributed by atoms with E-state index in [1.807, 2.05) is 17.5 Å². The monoisotopic (exact) mass is 305 g/mol. The summed E-state index contributed by atoms with van der Waals surface area (Å²) in [6.07, 6.45) is 0.991. The van der Waals surface area contributed by atoms with E-state index in [2.05, 4.69) is 5.32 Å². The van der Waals surface area contributed by atoms with Gasteiger partial charge in [0, 0.05) is 11.3 Å². The highest BCUT2D eigenvalue weighted by molar-refractivity contribution is 7.09. The molecule has 2 aromatic rings. The van der Waals surface area contributed by atoms with Crippen LogP contribution in [0.15, 0.2) is 35.7 Å². The minimum absolute atomic E-state index is 0.101. The van der Waals surface area contributed by atoms with Gasteiger partial charge in [0.05, 0.1) is 18.4 Å². The quantitative estimate of drug-likeness (QED) is 0.860. The normalized spacial score (nSPS) is 10.1. The predicted octanol–water partition coefficient (Wildman–Crippen LogP) is 3.03. The molecule has 2 N–H and O–H groups in total. The first-order chi connectivity index (χ1) is 10.1. The van der Waals surface area contributed by atoms with E-state index in [1.165, 1.54) is 25.3 Å². The van der Waals surface area contributed by atoms with Gasteiger partial charge in [0.15, 0.2) is 0 Å². The Hall–Kier alpha value is -2.34. The molecule has 0 aliphatic carbocycles. The fourth-order valence-electron chi connectivity index (χ4n) is 1.84. The summed E-state index contributed by atoms with van der Waals surface area (Å²) in [6.45, 7) is 0. The number of nitrogens with one attached hydrogen (secondary N) is 1. The highest BCUT2D eigenvalue weighted by Gasteiger charge is 2.11. The van der Waals surface area contributed by atoms with Crippen LogP contribution in [-0.4, -0.2) is 24.1 Å². The largest absolute Gasteiger partial charge is 0.495 e. The maximum Gasteiger partial charge on any atom is 0.335 e. The number of aromatic carboxylic acids is 1. The summed E-state index contributed by atoms with van der Waals surface area (Å²) in [5.41, 5.74) is 0.470. The molecule has 0 unspecified atom stereocenters. The lowest BCUT2D eigenvalue weighted by molar-refractivity contribution is -0.116. The predicted molar refractivity (Wildman–Crippen MR) is 81.2 cm³/mol. The molecular weight excluding hydrogens is 290 g/mol. The molecular formula is C15H15NO4S. The molecule has 0 spiro atoms. The Balaban J connectivity index is 2.04. The minimum atomic E-state index is -1.05. The standard InChI is InChI=1S/C15H15NO4S/c1-20-13-6-4-10(15(18)19)9-12(13)16-14(17)7-5-11-3-2-8-21-11/h2-4,6,8-9H,5,7H2,1H3,(H,16,17)(H,18,19). The van der Waals surface area contributed by atoms with Crippen molar-refractivity contribution in [3.8, 4) is 5.75 Å². The van der Waals surface area contributed by atoms with E-state index in [0.29, 0.717) is 24.3 Å². The number of hydrogen-bond acceptors (Lipinski definition) is 4. The number of carboxylic acids is 1. The van der Waals surface area contributed by atoms with Gasteiger partial charge in [-0.05, 0) is 36.1 Å². The van der Waals surface area contributed by atoms with Crippen LogP contribution >= 0.6 is 11.3 Å². The van der Waals surface area contributed by atoms with E-state index in [0.717, 1.165) is 4.88 Å². The lowest BCUT2D eigenvalue weighted by Crippen LogP contribution is -2.13. The SMILES string of the molecule is COc1ccc(C(=O)O)cc1NC(=O)CCc1cccs1. The Labute approximate surface area is 126 Å². The highest BCUT2D eigenvalue weighted by atomic mass is 32.1. The maximum absolute atomic E-state index is 11.9. The zero-order chi connectivity index (χ0) is 15.2. The Bertz CT molecular complexity index is 637. The van der Waals surface area contributed by atoms with Crippen LogP contribution in [0.4, 0.5) is 5.69 Å². The van der Waals surface area contributed by atoms with E-state index >= 15 is 0 Å². The van der Waals surface area contributed by atoms with E-state index in [9.17, 15) is 9.59 Å². The molecule has 21 heavy (non-hydrogen) atoms. The number of ether oxygens (including phenoxy) is 1. The van der Waals surface area contributed by atoms with Crippen molar-refractivity contribution in [2.45, 2.75) is 12.8 Å². The summed E-state index contributed by atoms with van der Waals surface area (Å²) in [5.74, 6) is -0.791. The van der Waals surface area contributed by atoms with E-state index in [1.54, 1.807) is 11.3 Å². The molecule has 1 heterocycles. The number of anilines is 1. The third-order valence-corrected chi connectivity index (χ3v) is 3.84. The van der Waals surface area contributed by atoms with Crippen LogP contribution in [0, 0.1) is 0 Å². The average Bonchev–Trinajstić information content (AvgIpc) is 2.98. The number of carbonyl (C=O) groups excluding carboxylic acids is 1. The molecule has 1 aromatic carbocycles. The van der Waals surface area contributed by atoms with Crippen molar-refractivity contribution < 1.29 is 19.4 Å². The van der Waals surface area contributed by atoms with Gasteiger partial charge in [0.2, 0.25) is 5.91 Å². The number of rotatable bonds is 6. The lowest BCUT2D eigenvalue weighted by Gasteiger charge is -2.10. The van der Waals surface area contributed by atoms with Crippen LogP contribution in [-0.2, 0) is 11.2 Å². The number of benzene rings is 1. The summed E-state index contributed by atoms with van der Waals surface area (Å²) >= 11 is 1.60. The fourth-order valence-corrected chi connectivity index (χ4v) is 2.55. The Morgan fingerprint density at radius 1 is 1.33 bits per heavy atom. The van der Waals surface area contributed by atoms with Crippen molar-refractivity contribution in [1.82, 2.24) is 0 Å². The summed E-state index contributed by atoms with van der Waals surface area (Å²) < 4.78 is 5.13. The average molecular weight is 305 g/mol. The molecule has 110 valence electrons. The molecule has 1 amide bonds. The molecule has 6 heteroatoms. The second-order valence-electron chi connectivity index (χ2n) is 4.35. The zero-order valence-corrected chi connectivity index (χ0v) is 12.3. The lowest BCUT2D eigenvalue weighted by atomic mass is 10.1. The van der Waals surface area contributed by atoms with Crippen molar-refractivity contribution in [2.24, 2.45) is 0 Å². The number of amides is 1. The fraction of sp³-hybridized carbons (Fsp3) is 0.200. The summed E-state index contributed by atoms with van der Waals surface area (Å²) in [6, 6.07) is 8.27. The summed E-state index contributed by atoms with van der Waals surface area (Å²) in [4.78, 5) is 24.1. The first-order valence-corrected chi connectivity index (χ1v) is 7.21. The van der Waals surface area contributed by atoms with Crippen LogP contribution in [0.5, 0.6) is 5.75 Å². The number of carbonyl (C=O) groups is 2. The van der Waals surface area contributed by atoms with Crippen molar-refractivity contribution in [1.29, 1.82) is 0 Å². The number of hydrogen-bond donors (Lipinski definition) is 2. The number of methoxy groups -OCH3 is 1. The third kappa shape index (κ3) is 4.06. The molecule has 0 bridgehead atoms. The number of thiophene rings is 1. The van der Waals surface area contributed by atoms with Gasteiger partial charge in [-0.2, -0.15) is 0 Å². The number of carboxylic acid groups (broad SMARTS) is 1. The first-order valence-electron chi connectivity index (χ1n) is 6.33. The molecule has 0 fully saturated rings. The smallest absolute Gasteiger partial charge is 0.335 e. The topological polar surface area (TPSA) is 75.6 Å². The summed E-state index contributed by atoms with van der Waals surface area (Å²) in [5, 5.41) is 13.6. The van der Waals surface area contributed by atoms with E-state index in [4.69, 9.17) is 9.84 Å². The second-order valence-corrected chi connectivity index (χ2v) is 5.38. The van der Waals surface area contributed by atoms with Crippen molar-refractivity contribution in [3.63, 3.8) is 0 Å². The summed E-state index contributed by atoms with van der Waals surface area (Å²) in [7, 11) is 1.47. The first kappa shape index (κ1) is 15.1. The van der Waals surface area contributed by atoms with Gasteiger partial charge in [-0.1, -0.05) is 6.07 Å². The molecule has 0 atom stereocenters. The van der Waals surface area contributed by atoms with Gasteiger partial charge in [-0.25, -0.2) is 4.79 Å². The molecule has 5 nitrogen and oxygen atoms in total. The molecule has 0 saturated carbocycles. The van der Waals surface area contributed by atoms with E-state index < -0.39 is 5.97 Å². The number of aryl methyl sites for hydroxylation is 1. The highest BCUT2D eigenvalue weighted by Crippen LogP contribution is 2.26. The third-order valence-electron chi connectivity index (χ3n) is 2.90. The Morgan fingerprint density at radius 3 is 2.76 bits per heavy atom. The molecule has 0 aliphatic heterocycles. The zero-order valence-electron chi connectivity index (χ0n) is 11.5. The minimum Gasteiger partial charge on any atom is -0.495 e. The van der Waals surface area contributed by atoms with Crippen LogP contribution in [0.1, 0.15) is 21.7 Å². The Morgan fingerprint density at radius 2 is 2.14 bits per heavy atom. The molecule has 0 saturated heterocycles. The van der Waals surface area contributed by atoms with Crippen LogP contribution in [0.2, 0.25) is 0 Å². The second kappa shape index (κ2) is 6.90. The van der Waals surface area contributed by atoms with Gasteiger partial charge < -0.3 is 15.2 Å². The van der Waals surface area contributed by atoms with Crippen molar-refractivity contribution in [3.05, 3.63) is 46.2 Å². The molecule has 0 radical (unpaired) electrons. The molecule has 1 aromatic heterocycles. The van der Waals surface area contributed by atoms with Gasteiger partial charge in [0.25, 0.3) is 0 Å². The van der Waals surface area contributed by atoms with Gasteiger partial charge in [0.1, 0.15) is 5.75 Å². The van der Waals surface area contributed by atoms with Crippen LogP contribution in [0.25, 0.3) is 0 Å². The Kier molecular flexibility index (Phi) is 4.94. The van der Waals surface area contributed by atoms with Gasteiger partial charge in [-0.3, -0.25) is 4.79 Å². The van der Waals surface area contributed by atoms with E-state index in [-0.39, 0.29) is 11.5 Å². The maximum atomic E-state index is 11.9. The molecule has 2 rings (SSSR count). The van der Waals surface area contributed by atoms with Crippen LogP contribution in [0.3, 0.4) is 0 Å². The van der Waals surface area contributed by atoms with Crippen molar-refractivity contribution in [2.75, 3.05) is 12.4 Å². The van der Waals surface area contributed by atoms with Crippen molar-refractivity contribution >= 4 is 28.9 Å². The van der Waals surface area contributed by atoms with Crippen LogP contribution < -0.4 is 10.1 Å². The van der Waals surface area contributed by atoms with Gasteiger partial charge >= 0.3 is 5.97 Å².